The Morgan fingerprint density at radius 1 is 0.329 bits per heavy atom. The van der Waals surface area contributed by atoms with E-state index in [1.54, 1.807) is 0 Å². The fourth-order valence-electron chi connectivity index (χ4n) is 9.24. The van der Waals surface area contributed by atoms with Gasteiger partial charge in [0.25, 0.3) is 0 Å². The van der Waals surface area contributed by atoms with Gasteiger partial charge in [-0.1, -0.05) is 171 Å². The van der Waals surface area contributed by atoms with E-state index in [0.29, 0.717) is 0 Å². The average Bonchev–Trinajstić information content (AvgIpc) is 3.40. The second-order valence-electron chi connectivity index (χ2n) is 18.1. The zero-order valence-corrected chi connectivity index (χ0v) is 45.5. The topological polar surface area (TPSA) is 25.8 Å². The quantitative estimate of drug-likeness (QED) is 0.0596. The molecule has 2 heterocycles. The van der Waals surface area contributed by atoms with Gasteiger partial charge in [-0.15, -0.1) is 70.8 Å². The van der Waals surface area contributed by atoms with Crippen molar-refractivity contribution >= 4 is 0 Å². The van der Waals surface area contributed by atoms with Crippen LogP contribution in [0.15, 0.2) is 207 Å². The summed E-state index contributed by atoms with van der Waals surface area (Å²) in [5.74, 6) is 0. The molecular formula is C66H64Ir2N2-2. The molecule has 7 aromatic carbocycles. The van der Waals surface area contributed by atoms with Gasteiger partial charge in [0.15, 0.2) is 0 Å². The molecule has 9 rings (SSSR count). The average molecular weight is 1270 g/mol. The van der Waals surface area contributed by atoms with Crippen LogP contribution in [0.5, 0.6) is 0 Å². The molecule has 0 aliphatic heterocycles. The second kappa shape index (κ2) is 28.7. The smallest absolute Gasteiger partial charge is 0.0166 e. The third-order valence-corrected chi connectivity index (χ3v) is 12.9. The molecule has 70 heavy (non-hydrogen) atoms. The van der Waals surface area contributed by atoms with Gasteiger partial charge in [0.05, 0.1) is 0 Å². The largest absolute Gasteiger partial charge is 0.305 e. The number of nitrogens with zero attached hydrogens (tertiary/aromatic N) is 2. The molecule has 0 aliphatic carbocycles. The van der Waals surface area contributed by atoms with Gasteiger partial charge in [-0.3, -0.25) is 0 Å². The SMILES string of the molecule is Cc1cccc(C)c1-c1ccnc(-c2[c-]ccc(-c3cccc(CCCCCCc4ccccc4)c3)c2)c1.[Ir].[Ir].[c-]1ccc(-c2cccc(CCCCCCc3ccccc3)c2)cc1-c1ccccn1. The summed E-state index contributed by atoms with van der Waals surface area (Å²) in [6, 6.07) is 75.8. The first-order valence-corrected chi connectivity index (χ1v) is 24.8. The Bertz CT molecular complexity index is 2910. The Balaban J connectivity index is 0.000000229. The van der Waals surface area contributed by atoms with Crippen molar-refractivity contribution < 1.29 is 40.2 Å². The summed E-state index contributed by atoms with van der Waals surface area (Å²) in [4.78, 5) is 9.15. The molecule has 0 saturated heterocycles. The maximum absolute atomic E-state index is 4.70. The van der Waals surface area contributed by atoms with Crippen LogP contribution in [0.2, 0.25) is 0 Å². The van der Waals surface area contributed by atoms with Crippen molar-refractivity contribution in [2.75, 3.05) is 0 Å². The number of pyridine rings is 2. The zero-order chi connectivity index (χ0) is 46.6. The molecule has 358 valence electrons. The van der Waals surface area contributed by atoms with Gasteiger partial charge in [-0.05, 0) is 144 Å². The Morgan fingerprint density at radius 2 is 0.757 bits per heavy atom. The third kappa shape index (κ3) is 16.1. The van der Waals surface area contributed by atoms with E-state index in [1.165, 1.54) is 131 Å². The molecule has 0 atom stereocenters. The number of benzene rings is 7. The fraction of sp³-hybridized carbons (Fsp3) is 0.212. The van der Waals surface area contributed by atoms with Crippen molar-refractivity contribution in [3.8, 4) is 55.9 Å². The number of aromatic nitrogens is 2. The minimum absolute atomic E-state index is 0. The second-order valence-corrected chi connectivity index (χ2v) is 18.1. The van der Waals surface area contributed by atoms with E-state index in [2.05, 4.69) is 195 Å². The van der Waals surface area contributed by atoms with Crippen LogP contribution < -0.4 is 0 Å². The zero-order valence-electron chi connectivity index (χ0n) is 40.7. The monoisotopic (exact) mass is 1270 g/mol. The summed E-state index contributed by atoms with van der Waals surface area (Å²) >= 11 is 0. The maximum Gasteiger partial charge on any atom is 0.0166 e. The van der Waals surface area contributed by atoms with E-state index in [9.17, 15) is 0 Å². The summed E-state index contributed by atoms with van der Waals surface area (Å²) in [6.07, 6.45) is 18.6. The first-order chi connectivity index (χ1) is 33.6. The van der Waals surface area contributed by atoms with Crippen LogP contribution in [0.4, 0.5) is 0 Å². The van der Waals surface area contributed by atoms with Crippen LogP contribution >= 0.6 is 0 Å². The Kier molecular flexibility index (Phi) is 21.9. The molecule has 2 nitrogen and oxygen atoms in total. The molecular weight excluding hydrogens is 1210 g/mol. The molecule has 0 saturated carbocycles. The third-order valence-electron chi connectivity index (χ3n) is 12.9. The Hall–Kier alpha value is -5.86. The number of rotatable bonds is 19. The predicted octanol–water partition coefficient (Wildman–Crippen LogP) is 17.4. The van der Waals surface area contributed by atoms with Gasteiger partial charge < -0.3 is 9.97 Å². The van der Waals surface area contributed by atoms with Crippen LogP contribution in [0.1, 0.15) is 84.7 Å². The van der Waals surface area contributed by atoms with Crippen molar-refractivity contribution in [2.24, 2.45) is 0 Å². The molecule has 0 fully saturated rings. The van der Waals surface area contributed by atoms with Gasteiger partial charge in [0.1, 0.15) is 0 Å². The van der Waals surface area contributed by atoms with E-state index in [0.717, 1.165) is 35.4 Å². The normalized spacial score (nSPS) is 10.6. The van der Waals surface area contributed by atoms with E-state index in [-0.39, 0.29) is 40.2 Å². The molecule has 0 spiro atoms. The number of hydrogen-bond acceptors (Lipinski definition) is 2. The Labute approximate surface area is 445 Å². The van der Waals surface area contributed by atoms with Crippen molar-refractivity contribution in [1.29, 1.82) is 0 Å². The predicted molar refractivity (Wildman–Crippen MR) is 287 cm³/mol. The number of hydrogen-bond donors (Lipinski definition) is 0. The van der Waals surface area contributed by atoms with E-state index in [4.69, 9.17) is 4.98 Å². The molecule has 0 aliphatic rings. The van der Waals surface area contributed by atoms with Crippen LogP contribution in [0.3, 0.4) is 0 Å². The molecule has 9 aromatic rings. The summed E-state index contributed by atoms with van der Waals surface area (Å²) in [5.41, 5.74) is 19.7. The molecule has 0 N–H and O–H groups in total. The molecule has 4 heteroatoms. The minimum atomic E-state index is 0. The molecule has 0 bridgehead atoms. The Morgan fingerprint density at radius 3 is 1.26 bits per heavy atom. The van der Waals surface area contributed by atoms with Crippen LogP contribution in [-0.2, 0) is 65.9 Å². The molecule has 0 unspecified atom stereocenters. The van der Waals surface area contributed by atoms with Gasteiger partial charge in [-0.2, -0.15) is 0 Å². The van der Waals surface area contributed by atoms with Gasteiger partial charge in [0, 0.05) is 52.6 Å². The fourth-order valence-corrected chi connectivity index (χ4v) is 9.24. The van der Waals surface area contributed by atoms with Crippen molar-refractivity contribution in [2.45, 2.75) is 90.9 Å². The molecule has 2 radical (unpaired) electrons. The van der Waals surface area contributed by atoms with Crippen molar-refractivity contribution in [1.82, 2.24) is 9.97 Å². The summed E-state index contributed by atoms with van der Waals surface area (Å²) in [7, 11) is 0. The number of unbranched alkanes of at least 4 members (excludes halogenated alkanes) is 6. The minimum Gasteiger partial charge on any atom is -0.305 e. The van der Waals surface area contributed by atoms with E-state index >= 15 is 0 Å². The van der Waals surface area contributed by atoms with Gasteiger partial charge in [-0.25, -0.2) is 0 Å². The number of aryl methyl sites for hydroxylation is 6. The van der Waals surface area contributed by atoms with E-state index in [1.807, 2.05) is 42.7 Å². The van der Waals surface area contributed by atoms with Crippen LogP contribution in [0, 0.1) is 26.0 Å². The molecule has 0 amide bonds. The summed E-state index contributed by atoms with van der Waals surface area (Å²) in [6.45, 7) is 4.35. The van der Waals surface area contributed by atoms with Crippen LogP contribution in [-0.4, -0.2) is 9.97 Å². The van der Waals surface area contributed by atoms with Crippen molar-refractivity contribution in [3.05, 3.63) is 252 Å². The summed E-state index contributed by atoms with van der Waals surface area (Å²) < 4.78 is 0. The summed E-state index contributed by atoms with van der Waals surface area (Å²) in [5, 5.41) is 0. The molecule has 2 aromatic heterocycles. The first kappa shape index (κ1) is 53.5. The van der Waals surface area contributed by atoms with Gasteiger partial charge in [0.2, 0.25) is 0 Å². The first-order valence-electron chi connectivity index (χ1n) is 24.8. The van der Waals surface area contributed by atoms with Crippen molar-refractivity contribution in [3.63, 3.8) is 0 Å². The van der Waals surface area contributed by atoms with Gasteiger partial charge >= 0.3 is 0 Å². The maximum atomic E-state index is 4.70. The van der Waals surface area contributed by atoms with Crippen LogP contribution in [0.25, 0.3) is 55.9 Å². The van der Waals surface area contributed by atoms with E-state index < -0.39 is 0 Å². The standard InChI is InChI=1S/C37H36N.C29H28N.2Ir/c1-28-13-10-14-29(2)37(28)35-23-24-38-36(27-35)34-22-12-21-33(26-34)32-20-11-19-31(25-32)18-7-4-3-6-15-30-16-8-5-9-17-30;1(4-12-24-13-6-3-7-14-24)2-5-15-25-16-10-17-26(22-25)27-18-11-19-28(23-27)29-20-8-9-21-30-29;;/h5,8-14,16-17,19-21,23-27H,3-4,6-7,15,18H2,1-2H3;3,6-11,13-14,16-18,20-23H,1-2,4-5,12,15H2;;/q2*-1;;.